The van der Waals surface area contributed by atoms with Gasteiger partial charge in [0.05, 0.1) is 0 Å². The van der Waals surface area contributed by atoms with Crippen molar-refractivity contribution in [1.82, 2.24) is 4.90 Å². The Bertz CT molecular complexity index is 315. The van der Waals surface area contributed by atoms with E-state index in [1.165, 1.54) is 42.5 Å². The van der Waals surface area contributed by atoms with E-state index in [0.29, 0.717) is 0 Å². The van der Waals surface area contributed by atoms with Gasteiger partial charge in [0, 0.05) is 0 Å². The number of rotatable bonds is 3. The summed E-state index contributed by atoms with van der Waals surface area (Å²) in [4.78, 5) is 2.50. The van der Waals surface area contributed by atoms with Gasteiger partial charge in [0.25, 0.3) is 0 Å². The molecule has 0 spiro atoms. The van der Waals surface area contributed by atoms with Gasteiger partial charge in [0.15, 0.2) is 0 Å². The van der Waals surface area contributed by atoms with E-state index in [2.05, 4.69) is 50.8 Å². The second-order valence-corrected chi connectivity index (χ2v) is 5.09. The van der Waals surface area contributed by atoms with E-state index in [0.717, 1.165) is 6.42 Å². The van der Waals surface area contributed by atoms with Crippen LogP contribution in [0.3, 0.4) is 0 Å². The Morgan fingerprint density at radius 1 is 1.07 bits per heavy atom. The van der Waals surface area contributed by atoms with Gasteiger partial charge in [0.2, 0.25) is 0 Å². The molecule has 80 valence electrons. The zero-order valence-electron chi connectivity index (χ0n) is 8.98. The predicted octanol–water partition coefficient (Wildman–Crippen LogP) is 2.01. The molecule has 0 bridgehead atoms. The van der Waals surface area contributed by atoms with Gasteiger partial charge in [-0.15, -0.1) is 0 Å². The molecule has 0 amide bonds. The van der Waals surface area contributed by atoms with E-state index in [-0.39, 0.29) is 0 Å². The Balaban J connectivity index is 1.91. The number of hydrogen-bond acceptors (Lipinski definition) is 1. The zero-order valence-corrected chi connectivity index (χ0v) is 10.7. The molecule has 0 saturated carbocycles. The fourth-order valence-corrected chi connectivity index (χ4v) is 2.76. The quantitative estimate of drug-likeness (QED) is 0.757. The van der Waals surface area contributed by atoms with Crippen LogP contribution < -0.4 is 0 Å². The van der Waals surface area contributed by atoms with Crippen molar-refractivity contribution in [3.8, 4) is 0 Å². The van der Waals surface area contributed by atoms with Crippen molar-refractivity contribution in [2.75, 3.05) is 13.1 Å². The Morgan fingerprint density at radius 2 is 1.73 bits per heavy atom. The summed E-state index contributed by atoms with van der Waals surface area (Å²) in [5.41, 5.74) is 1.40. The van der Waals surface area contributed by atoms with Gasteiger partial charge in [-0.05, 0) is 0 Å². The van der Waals surface area contributed by atoms with Gasteiger partial charge in [-0.1, -0.05) is 0 Å². The minimum absolute atomic E-state index is 1.06. The number of piperidine rings is 1. The normalized spacial score (nSPS) is 16.4. The van der Waals surface area contributed by atoms with Crippen LogP contribution in [-0.2, 0) is 6.42 Å². The summed E-state index contributed by atoms with van der Waals surface area (Å²) >= 11 is 3.24. The van der Waals surface area contributed by atoms with E-state index in [4.69, 9.17) is 0 Å². The second kappa shape index (κ2) is 5.48. The molecular weight excluding hydrogens is 249 g/mol. The molecule has 2 heteroatoms. The standard InChI is InChI=1S/C13H17NSe/c15-13(14-9-5-2-6-10-14)11-12-7-3-1-4-8-12/h1,3-4,7-8H,2,5-6,9-11H2. The molecule has 0 N–H and O–H groups in total. The van der Waals surface area contributed by atoms with Crippen molar-refractivity contribution in [2.45, 2.75) is 25.7 Å². The van der Waals surface area contributed by atoms with Crippen LogP contribution in [0.25, 0.3) is 0 Å². The van der Waals surface area contributed by atoms with Gasteiger partial charge in [0.1, 0.15) is 0 Å². The van der Waals surface area contributed by atoms with Crippen LogP contribution in [0.4, 0.5) is 0 Å². The Kier molecular flexibility index (Phi) is 3.99. The molecule has 1 aliphatic heterocycles. The molecule has 1 nitrogen and oxygen atoms in total. The van der Waals surface area contributed by atoms with E-state index in [1.54, 1.807) is 0 Å². The molecule has 0 radical (unpaired) electrons. The molecule has 0 aromatic heterocycles. The van der Waals surface area contributed by atoms with Crippen molar-refractivity contribution >= 4 is 20.1 Å². The monoisotopic (exact) mass is 267 g/mol. The van der Waals surface area contributed by atoms with Gasteiger partial charge >= 0.3 is 99.7 Å². The molecule has 0 unspecified atom stereocenters. The molecule has 0 atom stereocenters. The first-order valence-electron chi connectivity index (χ1n) is 5.68. The molecule has 1 aliphatic rings. The van der Waals surface area contributed by atoms with Crippen LogP contribution in [0.1, 0.15) is 24.8 Å². The van der Waals surface area contributed by atoms with Crippen LogP contribution in [-0.4, -0.2) is 38.1 Å². The van der Waals surface area contributed by atoms with Crippen molar-refractivity contribution in [3.63, 3.8) is 0 Å². The van der Waals surface area contributed by atoms with E-state index >= 15 is 0 Å². The minimum atomic E-state index is 1.06. The SMILES string of the molecule is [Se]=C(Cc1ccccc1)N1CCCCC1. The number of hydrogen-bond donors (Lipinski definition) is 0. The number of likely N-dealkylation sites (tertiary alicyclic amines) is 1. The Morgan fingerprint density at radius 3 is 2.40 bits per heavy atom. The molecule has 15 heavy (non-hydrogen) atoms. The van der Waals surface area contributed by atoms with Gasteiger partial charge < -0.3 is 0 Å². The van der Waals surface area contributed by atoms with Crippen LogP contribution in [0.5, 0.6) is 0 Å². The van der Waals surface area contributed by atoms with Gasteiger partial charge in [-0.25, -0.2) is 0 Å². The van der Waals surface area contributed by atoms with Crippen LogP contribution in [0.15, 0.2) is 30.3 Å². The predicted molar refractivity (Wildman–Crippen MR) is 66.3 cm³/mol. The number of nitrogens with zero attached hydrogens (tertiary/aromatic N) is 1. The molecule has 1 saturated heterocycles. The second-order valence-electron chi connectivity index (χ2n) is 4.10. The van der Waals surface area contributed by atoms with Crippen molar-refractivity contribution in [3.05, 3.63) is 35.9 Å². The topological polar surface area (TPSA) is 3.24 Å². The summed E-state index contributed by atoms with van der Waals surface area (Å²) in [5.74, 6) is 0. The van der Waals surface area contributed by atoms with Crippen molar-refractivity contribution in [1.29, 1.82) is 0 Å². The maximum absolute atomic E-state index is 3.24. The molecular formula is C13H17NSe. The number of benzene rings is 1. The van der Waals surface area contributed by atoms with E-state index < -0.39 is 0 Å². The fourth-order valence-electron chi connectivity index (χ4n) is 2.03. The summed E-state index contributed by atoms with van der Waals surface area (Å²) in [6, 6.07) is 10.7. The average Bonchev–Trinajstić information content (AvgIpc) is 2.31. The molecule has 1 heterocycles. The third kappa shape index (κ3) is 3.19. The first-order chi connectivity index (χ1) is 7.36. The van der Waals surface area contributed by atoms with Gasteiger partial charge in [-0.2, -0.15) is 0 Å². The summed E-state index contributed by atoms with van der Waals surface area (Å²) in [5, 5.41) is 0. The first kappa shape index (κ1) is 10.9. The molecule has 1 fully saturated rings. The van der Waals surface area contributed by atoms with E-state index in [9.17, 15) is 0 Å². The first-order valence-corrected chi connectivity index (χ1v) is 6.53. The molecule has 1 aromatic carbocycles. The van der Waals surface area contributed by atoms with Crippen LogP contribution >= 0.6 is 0 Å². The van der Waals surface area contributed by atoms with Gasteiger partial charge in [-0.3, -0.25) is 0 Å². The third-order valence-corrected chi connectivity index (χ3v) is 3.75. The average molecular weight is 266 g/mol. The summed E-state index contributed by atoms with van der Waals surface area (Å²) in [6.45, 7) is 2.46. The Hall–Kier alpha value is -0.591. The third-order valence-electron chi connectivity index (χ3n) is 2.91. The molecule has 1 aromatic rings. The maximum atomic E-state index is 3.24. The van der Waals surface area contributed by atoms with Crippen LogP contribution in [0, 0.1) is 0 Å². The van der Waals surface area contributed by atoms with Crippen molar-refractivity contribution < 1.29 is 0 Å². The summed E-state index contributed by atoms with van der Waals surface area (Å²) in [7, 11) is 0. The summed E-state index contributed by atoms with van der Waals surface area (Å²) in [6.07, 6.45) is 5.15. The Labute approximate surface area is 99.8 Å². The molecule has 2 rings (SSSR count). The summed E-state index contributed by atoms with van der Waals surface area (Å²) < 4.78 is 1.40. The zero-order chi connectivity index (χ0) is 10.5. The molecule has 0 aliphatic carbocycles. The van der Waals surface area contributed by atoms with Crippen LogP contribution in [0.2, 0.25) is 0 Å². The fraction of sp³-hybridized carbons (Fsp3) is 0.462. The van der Waals surface area contributed by atoms with E-state index in [1.807, 2.05) is 0 Å². The van der Waals surface area contributed by atoms with Crippen molar-refractivity contribution in [2.24, 2.45) is 0 Å².